The molecule has 0 saturated heterocycles. The van der Waals surface area contributed by atoms with Gasteiger partial charge in [0, 0.05) is 18.8 Å². The van der Waals surface area contributed by atoms with E-state index in [-0.39, 0.29) is 17.9 Å². The van der Waals surface area contributed by atoms with Crippen molar-refractivity contribution in [3.8, 4) is 17.4 Å². The molecule has 0 aliphatic heterocycles. The molecule has 0 spiro atoms. The fraction of sp³-hybridized carbons (Fsp3) is 0.143. The van der Waals surface area contributed by atoms with Gasteiger partial charge in [0.1, 0.15) is 0 Å². The summed E-state index contributed by atoms with van der Waals surface area (Å²) in [6, 6.07) is 7.68. The summed E-state index contributed by atoms with van der Waals surface area (Å²) in [6.45, 7) is 0.255. The number of phenolic OH excluding ortho intramolecular Hbond substituents is 2. The average Bonchev–Trinajstić information content (AvgIpc) is 2.48. The van der Waals surface area contributed by atoms with Crippen molar-refractivity contribution < 1.29 is 19.7 Å². The molecule has 0 bridgehead atoms. The molecule has 1 aromatic carbocycles. The molecule has 0 radical (unpaired) electrons. The number of carbonyl (C=O) groups is 1. The fourth-order valence-corrected chi connectivity index (χ4v) is 1.63. The van der Waals surface area contributed by atoms with Crippen LogP contribution in [-0.2, 0) is 6.54 Å². The minimum atomic E-state index is -0.478. The summed E-state index contributed by atoms with van der Waals surface area (Å²) >= 11 is 0. The first-order valence-electron chi connectivity index (χ1n) is 5.90. The van der Waals surface area contributed by atoms with Crippen LogP contribution in [0.15, 0.2) is 36.5 Å². The minimum Gasteiger partial charge on any atom is -0.504 e. The highest BCUT2D eigenvalue weighted by Gasteiger charge is 2.13. The van der Waals surface area contributed by atoms with Crippen molar-refractivity contribution in [2.24, 2.45) is 0 Å². The van der Waals surface area contributed by atoms with E-state index in [0.29, 0.717) is 5.88 Å². The van der Waals surface area contributed by atoms with Crippen LogP contribution in [0.4, 0.5) is 0 Å². The van der Waals surface area contributed by atoms with Crippen molar-refractivity contribution in [1.29, 1.82) is 0 Å². The lowest BCUT2D eigenvalue weighted by atomic mass is 10.1. The van der Waals surface area contributed by atoms with Gasteiger partial charge in [-0.05, 0) is 17.7 Å². The molecule has 1 amide bonds. The summed E-state index contributed by atoms with van der Waals surface area (Å²) in [4.78, 5) is 15.9. The SMILES string of the molecule is COc1ccc(CNC(=O)c2cccc(O)c2O)cn1. The number of hydrogen-bond donors (Lipinski definition) is 3. The normalized spacial score (nSPS) is 10.1. The van der Waals surface area contributed by atoms with Crippen LogP contribution in [0.2, 0.25) is 0 Å². The lowest BCUT2D eigenvalue weighted by Gasteiger charge is -2.08. The molecule has 0 fully saturated rings. The van der Waals surface area contributed by atoms with E-state index in [9.17, 15) is 15.0 Å². The lowest BCUT2D eigenvalue weighted by molar-refractivity contribution is 0.0947. The number of hydrogen-bond acceptors (Lipinski definition) is 5. The number of aromatic hydroxyl groups is 2. The van der Waals surface area contributed by atoms with Crippen LogP contribution < -0.4 is 10.1 Å². The number of aromatic nitrogens is 1. The van der Waals surface area contributed by atoms with Crippen molar-refractivity contribution in [1.82, 2.24) is 10.3 Å². The Kier molecular flexibility index (Phi) is 4.05. The third-order valence-electron chi connectivity index (χ3n) is 2.72. The van der Waals surface area contributed by atoms with Crippen LogP contribution >= 0.6 is 0 Å². The first kappa shape index (κ1) is 13.7. The Morgan fingerprint density at radius 3 is 2.75 bits per heavy atom. The van der Waals surface area contributed by atoms with Crippen molar-refractivity contribution in [3.05, 3.63) is 47.7 Å². The Labute approximate surface area is 115 Å². The smallest absolute Gasteiger partial charge is 0.255 e. The number of benzene rings is 1. The van der Waals surface area contributed by atoms with E-state index in [4.69, 9.17) is 4.74 Å². The Morgan fingerprint density at radius 2 is 2.10 bits per heavy atom. The molecule has 2 aromatic rings. The molecule has 0 aliphatic rings. The predicted octanol–water partition coefficient (Wildman–Crippen LogP) is 1.43. The topological polar surface area (TPSA) is 91.7 Å². The molecule has 0 aliphatic carbocycles. The third kappa shape index (κ3) is 2.97. The number of amides is 1. The molecule has 3 N–H and O–H groups in total. The molecule has 1 heterocycles. The van der Waals surface area contributed by atoms with E-state index >= 15 is 0 Å². The van der Waals surface area contributed by atoms with E-state index in [0.717, 1.165) is 5.56 Å². The second-order valence-corrected chi connectivity index (χ2v) is 4.06. The molecule has 0 atom stereocenters. The predicted molar refractivity (Wildman–Crippen MR) is 71.7 cm³/mol. The van der Waals surface area contributed by atoms with Gasteiger partial charge in [-0.25, -0.2) is 4.98 Å². The van der Waals surface area contributed by atoms with Gasteiger partial charge in [0.25, 0.3) is 5.91 Å². The van der Waals surface area contributed by atoms with Gasteiger partial charge < -0.3 is 20.3 Å². The van der Waals surface area contributed by atoms with Crippen LogP contribution in [0, 0.1) is 0 Å². The minimum absolute atomic E-state index is 0.0199. The Balaban J connectivity index is 2.02. The van der Waals surface area contributed by atoms with Crippen molar-refractivity contribution in [3.63, 3.8) is 0 Å². The average molecular weight is 274 g/mol. The quantitative estimate of drug-likeness (QED) is 0.734. The van der Waals surface area contributed by atoms with Crippen LogP contribution in [0.3, 0.4) is 0 Å². The molecule has 1 aromatic heterocycles. The maximum atomic E-state index is 11.9. The standard InChI is InChI=1S/C14H14N2O4/c1-20-12-6-5-9(7-15-12)8-16-14(19)10-3-2-4-11(17)13(10)18/h2-7,17-18H,8H2,1H3,(H,16,19). The van der Waals surface area contributed by atoms with Gasteiger partial charge in [-0.2, -0.15) is 0 Å². The van der Waals surface area contributed by atoms with Crippen molar-refractivity contribution in [2.45, 2.75) is 6.54 Å². The lowest BCUT2D eigenvalue weighted by Crippen LogP contribution is -2.22. The summed E-state index contributed by atoms with van der Waals surface area (Å²) in [7, 11) is 1.52. The zero-order valence-electron chi connectivity index (χ0n) is 10.8. The number of nitrogens with zero attached hydrogens (tertiary/aromatic N) is 1. The molecular formula is C14H14N2O4. The number of ether oxygens (including phenoxy) is 1. The summed E-state index contributed by atoms with van der Waals surface area (Å²) in [6.07, 6.45) is 1.58. The van der Waals surface area contributed by atoms with E-state index < -0.39 is 11.7 Å². The zero-order chi connectivity index (χ0) is 14.5. The van der Waals surface area contributed by atoms with Crippen LogP contribution in [0.5, 0.6) is 17.4 Å². The molecule has 104 valence electrons. The zero-order valence-corrected chi connectivity index (χ0v) is 10.8. The summed E-state index contributed by atoms with van der Waals surface area (Å²) in [5.41, 5.74) is 0.810. The van der Waals surface area contributed by atoms with Crippen molar-refractivity contribution >= 4 is 5.91 Å². The molecule has 6 heteroatoms. The molecular weight excluding hydrogens is 260 g/mol. The van der Waals surface area contributed by atoms with E-state index in [1.807, 2.05) is 0 Å². The Morgan fingerprint density at radius 1 is 1.30 bits per heavy atom. The Bertz CT molecular complexity index is 611. The molecule has 0 saturated carbocycles. The summed E-state index contributed by atoms with van der Waals surface area (Å²) in [5, 5.41) is 21.6. The number of para-hydroxylation sites is 1. The highest BCUT2D eigenvalue weighted by atomic mass is 16.5. The highest BCUT2D eigenvalue weighted by molar-refractivity contribution is 5.97. The van der Waals surface area contributed by atoms with Crippen LogP contribution in [-0.4, -0.2) is 28.2 Å². The van der Waals surface area contributed by atoms with Gasteiger partial charge in [0.05, 0.1) is 12.7 Å². The largest absolute Gasteiger partial charge is 0.504 e. The van der Waals surface area contributed by atoms with Gasteiger partial charge in [-0.1, -0.05) is 12.1 Å². The number of rotatable bonds is 4. The molecule has 20 heavy (non-hydrogen) atoms. The number of nitrogens with one attached hydrogen (secondary N) is 1. The van der Waals surface area contributed by atoms with Crippen molar-refractivity contribution in [2.75, 3.05) is 7.11 Å². The summed E-state index contributed by atoms with van der Waals surface area (Å²) < 4.78 is 4.93. The fourth-order valence-electron chi connectivity index (χ4n) is 1.63. The van der Waals surface area contributed by atoms with Gasteiger partial charge >= 0.3 is 0 Å². The molecule has 2 rings (SSSR count). The van der Waals surface area contributed by atoms with Crippen LogP contribution in [0.1, 0.15) is 15.9 Å². The maximum Gasteiger partial charge on any atom is 0.255 e. The first-order valence-corrected chi connectivity index (χ1v) is 5.90. The monoisotopic (exact) mass is 274 g/mol. The van der Waals surface area contributed by atoms with E-state index in [1.54, 1.807) is 18.3 Å². The molecule has 0 unspecified atom stereocenters. The Hall–Kier alpha value is -2.76. The number of methoxy groups -OCH3 is 1. The van der Waals surface area contributed by atoms with Gasteiger partial charge in [-0.15, -0.1) is 0 Å². The van der Waals surface area contributed by atoms with Gasteiger partial charge in [-0.3, -0.25) is 4.79 Å². The number of pyridine rings is 1. The highest BCUT2D eigenvalue weighted by Crippen LogP contribution is 2.27. The van der Waals surface area contributed by atoms with Gasteiger partial charge in [0.15, 0.2) is 11.5 Å². The second-order valence-electron chi connectivity index (χ2n) is 4.06. The molecule has 6 nitrogen and oxygen atoms in total. The third-order valence-corrected chi connectivity index (χ3v) is 2.72. The van der Waals surface area contributed by atoms with Crippen LogP contribution in [0.25, 0.3) is 0 Å². The number of carbonyl (C=O) groups excluding carboxylic acids is 1. The second kappa shape index (κ2) is 5.92. The first-order chi connectivity index (χ1) is 9.61. The summed E-state index contributed by atoms with van der Waals surface area (Å²) in [5.74, 6) is -0.749. The number of phenols is 2. The van der Waals surface area contributed by atoms with Gasteiger partial charge in [0.2, 0.25) is 5.88 Å². The van der Waals surface area contributed by atoms with E-state index in [2.05, 4.69) is 10.3 Å². The maximum absolute atomic E-state index is 11.9. The van der Waals surface area contributed by atoms with E-state index in [1.165, 1.54) is 25.3 Å².